The van der Waals surface area contributed by atoms with Gasteiger partial charge in [0.05, 0.1) is 18.6 Å². The Morgan fingerprint density at radius 1 is 1.47 bits per heavy atom. The Balaban J connectivity index is 3.70. The molecule has 0 spiro atoms. The van der Waals surface area contributed by atoms with Crippen LogP contribution in [-0.2, 0) is 19.1 Å². The molecule has 10 nitrogen and oxygen atoms in total. The van der Waals surface area contributed by atoms with E-state index in [4.69, 9.17) is 5.11 Å². The average Bonchev–Trinajstić information content (AvgIpc) is 2.30. The fraction of sp³-hybridized carbons (Fsp3) is 0.714. The van der Waals surface area contributed by atoms with Gasteiger partial charge in [-0.2, -0.15) is 0 Å². The van der Waals surface area contributed by atoms with Crippen LogP contribution in [0.25, 0.3) is 0 Å². The molecule has 0 unspecified atom stereocenters. The van der Waals surface area contributed by atoms with Crippen LogP contribution in [0.4, 0.5) is 4.79 Å². The van der Waals surface area contributed by atoms with Gasteiger partial charge >= 0.3 is 12.1 Å². The van der Waals surface area contributed by atoms with Gasteiger partial charge in [-0.3, -0.25) is 0 Å². The number of hydrogen-bond donors (Lipinski definition) is 1. The molecule has 1 N–H and O–H groups in total. The predicted octanol–water partition coefficient (Wildman–Crippen LogP) is -0.0575. The number of ether oxygens (including phenoxy) is 2. The lowest BCUT2D eigenvalue weighted by molar-refractivity contribution is -0.705. The van der Waals surface area contributed by atoms with Gasteiger partial charge in [-0.1, -0.05) is 0 Å². The summed E-state index contributed by atoms with van der Waals surface area (Å²) in [4.78, 5) is 25.1. The molecule has 10 heteroatoms. The molecule has 98 valence electrons. The maximum absolute atomic E-state index is 10.9. The van der Waals surface area contributed by atoms with Crippen molar-refractivity contribution < 1.29 is 34.0 Å². The molecule has 0 amide bonds. The summed E-state index contributed by atoms with van der Waals surface area (Å²) in [6, 6.07) is 0. The van der Waals surface area contributed by atoms with Crippen molar-refractivity contribution in [2.45, 2.75) is 6.92 Å². The van der Waals surface area contributed by atoms with Crippen LogP contribution in [0.5, 0.6) is 0 Å². The molecule has 0 saturated carbocycles. The first-order valence-electron chi connectivity index (χ1n) is 4.50. The van der Waals surface area contributed by atoms with Crippen LogP contribution in [0.3, 0.4) is 0 Å². The lowest BCUT2D eigenvalue weighted by atomic mass is 10.7. The number of carbonyl (C=O) groups is 2. The van der Waals surface area contributed by atoms with E-state index in [9.17, 15) is 14.8 Å². The molecular weight excluding hydrogens is 238 g/mol. The number of nitrogens with zero attached hydrogens (tertiary/aromatic N) is 3. The van der Waals surface area contributed by atoms with Crippen molar-refractivity contribution in [3.63, 3.8) is 0 Å². The Bertz CT molecular complexity index is 293. The highest BCUT2D eigenvalue weighted by Crippen LogP contribution is 1.89. The SMILES string of the molecule is CCN(C)/[N+]([O-])=N/OCOC(=O)OCC(=O)O. The third-order valence-corrected chi connectivity index (χ3v) is 1.42. The molecule has 0 atom stereocenters. The van der Waals surface area contributed by atoms with Gasteiger partial charge in [0, 0.05) is 0 Å². The lowest BCUT2D eigenvalue weighted by Gasteiger charge is -2.09. The number of hydrogen-bond acceptors (Lipinski definition) is 7. The fourth-order valence-corrected chi connectivity index (χ4v) is 0.493. The van der Waals surface area contributed by atoms with E-state index in [1.165, 1.54) is 12.1 Å². The van der Waals surface area contributed by atoms with Crippen molar-refractivity contribution in [3.8, 4) is 0 Å². The van der Waals surface area contributed by atoms with Crippen molar-refractivity contribution in [1.82, 2.24) is 5.01 Å². The van der Waals surface area contributed by atoms with Crippen LogP contribution >= 0.6 is 0 Å². The number of carboxylic acids is 1. The minimum atomic E-state index is -1.32. The third kappa shape index (κ3) is 7.64. The monoisotopic (exact) mass is 251 g/mol. The molecule has 0 fully saturated rings. The van der Waals surface area contributed by atoms with Crippen LogP contribution in [0.2, 0.25) is 0 Å². The van der Waals surface area contributed by atoms with E-state index >= 15 is 0 Å². The molecular formula is C7H13N3O7. The summed E-state index contributed by atoms with van der Waals surface area (Å²) in [5.41, 5.74) is 0. The standard InChI is InChI=1S/C7H13N3O7/c1-3-9(2)10(14)8-17-5-16-7(13)15-4-6(11)12/h3-5H2,1-2H3,(H,11,12)/b10-8-. The molecule has 0 aliphatic heterocycles. The molecule has 0 aromatic rings. The van der Waals surface area contributed by atoms with Gasteiger partial charge in [-0.15, -0.1) is 5.01 Å². The van der Waals surface area contributed by atoms with E-state index in [1.807, 2.05) is 0 Å². The highest BCUT2D eigenvalue weighted by Gasteiger charge is 2.07. The Morgan fingerprint density at radius 3 is 2.65 bits per heavy atom. The number of aliphatic carboxylic acids is 1. The number of rotatable bonds is 7. The Hall–Kier alpha value is -2.26. The number of hydrazine groups is 1. The molecule has 0 bridgehead atoms. The van der Waals surface area contributed by atoms with Gasteiger partial charge in [0.25, 0.3) is 6.79 Å². The van der Waals surface area contributed by atoms with Gasteiger partial charge in [0.1, 0.15) is 0 Å². The topological polar surface area (TPSA) is 124 Å². The molecule has 0 aromatic carbocycles. The zero-order valence-corrected chi connectivity index (χ0v) is 9.36. The van der Waals surface area contributed by atoms with Gasteiger partial charge in [-0.25, -0.2) is 9.59 Å². The van der Waals surface area contributed by atoms with Crippen molar-refractivity contribution >= 4 is 12.1 Å². The summed E-state index contributed by atoms with van der Waals surface area (Å²) in [5.74, 6) is -1.32. The number of carbonyl (C=O) groups excluding carboxylic acids is 1. The maximum atomic E-state index is 10.9. The zero-order chi connectivity index (χ0) is 13.3. The molecule has 0 aliphatic carbocycles. The van der Waals surface area contributed by atoms with Gasteiger partial charge < -0.3 is 24.6 Å². The second kappa shape index (κ2) is 7.96. The first-order chi connectivity index (χ1) is 7.97. The minimum Gasteiger partial charge on any atom is -0.569 e. The quantitative estimate of drug-likeness (QED) is 0.167. The molecule has 0 saturated heterocycles. The summed E-state index contributed by atoms with van der Waals surface area (Å²) < 4.78 is 8.33. The normalized spacial score (nSPS) is 10.6. The predicted molar refractivity (Wildman–Crippen MR) is 50.4 cm³/mol. The molecule has 0 heterocycles. The second-order valence-electron chi connectivity index (χ2n) is 2.63. The smallest absolute Gasteiger partial charge is 0.511 e. The summed E-state index contributed by atoms with van der Waals surface area (Å²) in [6.45, 7) is 0.662. The van der Waals surface area contributed by atoms with E-state index in [1.54, 1.807) is 6.92 Å². The maximum Gasteiger partial charge on any atom is 0.511 e. The van der Waals surface area contributed by atoms with E-state index < -0.39 is 25.5 Å². The van der Waals surface area contributed by atoms with E-state index in [-0.39, 0.29) is 4.97 Å². The van der Waals surface area contributed by atoms with Crippen LogP contribution in [-0.4, -0.2) is 54.2 Å². The molecule has 0 aromatic heterocycles. The highest BCUT2D eigenvalue weighted by molar-refractivity contribution is 5.71. The van der Waals surface area contributed by atoms with E-state index in [2.05, 4.69) is 19.6 Å². The fourth-order valence-electron chi connectivity index (χ4n) is 0.493. The first-order valence-corrected chi connectivity index (χ1v) is 4.50. The van der Waals surface area contributed by atoms with Crippen molar-refractivity contribution in [1.29, 1.82) is 0 Å². The Labute approximate surface area is 96.5 Å². The largest absolute Gasteiger partial charge is 0.569 e. The Morgan fingerprint density at radius 2 is 2.12 bits per heavy atom. The molecule has 0 rings (SSSR count). The van der Waals surface area contributed by atoms with Gasteiger partial charge in [-0.05, 0) is 6.92 Å². The summed E-state index contributed by atoms with van der Waals surface area (Å²) in [7, 11) is 1.47. The average molecular weight is 251 g/mol. The second-order valence-corrected chi connectivity index (χ2v) is 2.63. The molecule has 0 radical (unpaired) electrons. The Kier molecular flexibility index (Phi) is 6.90. The minimum absolute atomic E-state index is 0.159. The molecule has 0 aliphatic rings. The van der Waals surface area contributed by atoms with Crippen LogP contribution in [0, 0.1) is 5.21 Å². The van der Waals surface area contributed by atoms with Crippen LogP contribution < -0.4 is 0 Å². The van der Waals surface area contributed by atoms with Crippen LogP contribution in [0.15, 0.2) is 5.28 Å². The highest BCUT2D eigenvalue weighted by atomic mass is 16.8. The van der Waals surface area contributed by atoms with Gasteiger partial charge in [0.2, 0.25) is 5.28 Å². The zero-order valence-electron chi connectivity index (χ0n) is 9.36. The first kappa shape index (κ1) is 14.7. The number of carboxylic acid groups (broad SMARTS) is 1. The summed E-state index contributed by atoms with van der Waals surface area (Å²) in [6.07, 6.45) is -1.23. The van der Waals surface area contributed by atoms with Crippen molar-refractivity contribution in [2.24, 2.45) is 5.28 Å². The van der Waals surface area contributed by atoms with E-state index in [0.717, 1.165) is 0 Å². The lowest BCUT2D eigenvalue weighted by Crippen LogP contribution is -2.26. The molecule has 17 heavy (non-hydrogen) atoms. The van der Waals surface area contributed by atoms with Crippen molar-refractivity contribution in [3.05, 3.63) is 5.21 Å². The third-order valence-electron chi connectivity index (χ3n) is 1.42. The summed E-state index contributed by atoms with van der Waals surface area (Å²) >= 11 is 0. The summed E-state index contributed by atoms with van der Waals surface area (Å²) in [5, 5.41) is 23.3. The van der Waals surface area contributed by atoms with Crippen molar-refractivity contribution in [2.75, 3.05) is 27.0 Å². The van der Waals surface area contributed by atoms with Gasteiger partial charge in [0.15, 0.2) is 6.61 Å². The van der Waals surface area contributed by atoms with Crippen LogP contribution in [0.1, 0.15) is 6.92 Å². The van der Waals surface area contributed by atoms with E-state index in [0.29, 0.717) is 6.54 Å².